The highest BCUT2D eigenvalue weighted by molar-refractivity contribution is 8.00. The first-order chi connectivity index (χ1) is 13.4. The molecule has 1 fully saturated rings. The van der Waals surface area contributed by atoms with Crippen molar-refractivity contribution in [2.75, 3.05) is 39.6 Å². The number of thioether (sulfide) groups is 1. The molecule has 2 amide bonds. The summed E-state index contributed by atoms with van der Waals surface area (Å²) in [5, 5.41) is 7.11. The Labute approximate surface area is 174 Å². The fourth-order valence-corrected chi connectivity index (χ4v) is 4.22. The molecule has 1 aliphatic carbocycles. The Morgan fingerprint density at radius 1 is 0.929 bits per heavy atom. The quantitative estimate of drug-likeness (QED) is 0.447. The molecular weight excluding hydrogens is 380 g/mol. The number of rotatable bonds is 13. The van der Waals surface area contributed by atoms with Crippen molar-refractivity contribution >= 4 is 23.8 Å². The van der Waals surface area contributed by atoms with Gasteiger partial charge in [0.05, 0.1) is 26.4 Å². The van der Waals surface area contributed by atoms with E-state index in [0.717, 1.165) is 30.9 Å². The zero-order valence-corrected chi connectivity index (χ0v) is 18.6. The molecule has 1 rings (SSSR count). The number of ether oxygens (including phenoxy) is 3. The maximum atomic E-state index is 11.8. The molecule has 0 atom stereocenters. The second kappa shape index (κ2) is 14.9. The summed E-state index contributed by atoms with van der Waals surface area (Å²) in [5.41, 5.74) is 0. The van der Waals surface area contributed by atoms with Crippen LogP contribution in [-0.2, 0) is 19.0 Å². The van der Waals surface area contributed by atoms with Crippen molar-refractivity contribution in [1.29, 1.82) is 0 Å². The Morgan fingerprint density at radius 3 is 2.14 bits per heavy atom. The van der Waals surface area contributed by atoms with Crippen LogP contribution in [-0.4, -0.2) is 68.1 Å². The van der Waals surface area contributed by atoms with Crippen molar-refractivity contribution in [2.45, 2.75) is 69.9 Å². The minimum Gasteiger partial charge on any atom is -0.447 e. The van der Waals surface area contributed by atoms with E-state index >= 15 is 0 Å². The van der Waals surface area contributed by atoms with E-state index in [0.29, 0.717) is 38.2 Å². The lowest BCUT2D eigenvalue weighted by Crippen LogP contribution is -2.39. The zero-order chi connectivity index (χ0) is 20.8. The van der Waals surface area contributed by atoms with Gasteiger partial charge in [0.25, 0.3) is 0 Å². The van der Waals surface area contributed by atoms with E-state index in [1.807, 2.05) is 25.6 Å². The first-order valence-corrected chi connectivity index (χ1v) is 11.3. The van der Waals surface area contributed by atoms with Crippen LogP contribution in [0.3, 0.4) is 0 Å². The fourth-order valence-electron chi connectivity index (χ4n) is 2.90. The van der Waals surface area contributed by atoms with Gasteiger partial charge in [0.2, 0.25) is 5.91 Å². The van der Waals surface area contributed by atoms with Gasteiger partial charge in [-0.2, -0.15) is 11.8 Å². The molecule has 164 valence electrons. The summed E-state index contributed by atoms with van der Waals surface area (Å²) in [6.07, 6.45) is 3.98. The summed E-state index contributed by atoms with van der Waals surface area (Å²) < 4.78 is 15.9. The molecule has 0 aromatic rings. The normalized spacial score (nSPS) is 19.6. The summed E-state index contributed by atoms with van der Waals surface area (Å²) in [6.45, 7) is 10.6. The topological polar surface area (TPSA) is 85.9 Å². The van der Waals surface area contributed by atoms with E-state index in [4.69, 9.17) is 14.2 Å². The van der Waals surface area contributed by atoms with Crippen LogP contribution >= 0.6 is 11.8 Å². The fraction of sp³-hybridized carbons (Fsp3) is 0.900. The van der Waals surface area contributed by atoms with Crippen LogP contribution in [0.1, 0.15) is 53.4 Å². The molecule has 0 bridgehead atoms. The maximum Gasteiger partial charge on any atom is 0.407 e. The van der Waals surface area contributed by atoms with Crippen LogP contribution in [0.4, 0.5) is 4.79 Å². The van der Waals surface area contributed by atoms with Gasteiger partial charge in [0, 0.05) is 23.8 Å². The van der Waals surface area contributed by atoms with Crippen molar-refractivity contribution in [1.82, 2.24) is 10.6 Å². The van der Waals surface area contributed by atoms with Crippen LogP contribution in [0.2, 0.25) is 0 Å². The Hall–Kier alpha value is -0.990. The van der Waals surface area contributed by atoms with Crippen molar-refractivity contribution < 1.29 is 23.8 Å². The van der Waals surface area contributed by atoms with Crippen LogP contribution in [0.25, 0.3) is 0 Å². The highest BCUT2D eigenvalue weighted by Gasteiger charge is 2.23. The zero-order valence-electron chi connectivity index (χ0n) is 17.8. The number of alkyl carbamates (subject to hydrolysis) is 1. The van der Waals surface area contributed by atoms with Crippen LogP contribution < -0.4 is 10.6 Å². The van der Waals surface area contributed by atoms with E-state index in [2.05, 4.69) is 24.5 Å². The first kappa shape index (κ1) is 25.0. The molecule has 0 unspecified atom stereocenters. The molecule has 1 saturated carbocycles. The van der Waals surface area contributed by atoms with Crippen molar-refractivity contribution in [3.8, 4) is 0 Å². The molecule has 1 aliphatic rings. The average molecular weight is 419 g/mol. The van der Waals surface area contributed by atoms with Crippen LogP contribution in [0, 0.1) is 5.92 Å². The number of amides is 2. The summed E-state index contributed by atoms with van der Waals surface area (Å²) in [7, 11) is 0. The summed E-state index contributed by atoms with van der Waals surface area (Å²) in [6, 6.07) is 0.224. The minimum absolute atomic E-state index is 0.0144. The van der Waals surface area contributed by atoms with Gasteiger partial charge < -0.3 is 24.8 Å². The standard InChI is InChI=1S/C20H38N2O5S/c1-15(2)19(23)21-9-10-25-11-12-26-13-14-27-20(24)22-17-5-7-18(8-6-17)28-16(3)4/h15-18H,5-14H2,1-4H3,(H,21,23)(H,22,24). The second-order valence-electron chi connectivity index (χ2n) is 7.61. The number of carbonyl (C=O) groups excluding carboxylic acids is 2. The summed E-state index contributed by atoms with van der Waals surface area (Å²) in [4.78, 5) is 23.2. The third-order valence-corrected chi connectivity index (χ3v) is 5.76. The van der Waals surface area contributed by atoms with E-state index in [-0.39, 0.29) is 30.6 Å². The lowest BCUT2D eigenvalue weighted by atomic mass is 9.95. The molecule has 0 saturated heterocycles. The van der Waals surface area contributed by atoms with Gasteiger partial charge in [0.1, 0.15) is 6.61 Å². The monoisotopic (exact) mass is 418 g/mol. The summed E-state index contributed by atoms with van der Waals surface area (Å²) >= 11 is 2.04. The van der Waals surface area contributed by atoms with E-state index in [9.17, 15) is 9.59 Å². The Kier molecular flexibility index (Phi) is 13.4. The minimum atomic E-state index is -0.360. The number of hydrogen-bond acceptors (Lipinski definition) is 6. The van der Waals surface area contributed by atoms with Crippen LogP contribution in [0.5, 0.6) is 0 Å². The van der Waals surface area contributed by atoms with E-state index < -0.39 is 0 Å². The number of nitrogens with one attached hydrogen (secondary N) is 2. The van der Waals surface area contributed by atoms with Crippen molar-refractivity contribution in [3.63, 3.8) is 0 Å². The van der Waals surface area contributed by atoms with Crippen LogP contribution in [0.15, 0.2) is 0 Å². The highest BCUT2D eigenvalue weighted by Crippen LogP contribution is 2.31. The smallest absolute Gasteiger partial charge is 0.407 e. The lowest BCUT2D eigenvalue weighted by molar-refractivity contribution is -0.124. The molecule has 0 aliphatic heterocycles. The van der Waals surface area contributed by atoms with Gasteiger partial charge in [-0.05, 0) is 30.9 Å². The predicted molar refractivity (Wildman–Crippen MR) is 113 cm³/mol. The Bertz CT molecular complexity index is 440. The van der Waals surface area contributed by atoms with Gasteiger partial charge in [-0.3, -0.25) is 4.79 Å². The third-order valence-electron chi connectivity index (χ3n) is 4.36. The largest absolute Gasteiger partial charge is 0.447 e. The molecule has 7 nitrogen and oxygen atoms in total. The molecule has 8 heteroatoms. The third kappa shape index (κ3) is 12.5. The summed E-state index contributed by atoms with van der Waals surface area (Å²) in [5.74, 6) is 0.0113. The van der Waals surface area contributed by atoms with Gasteiger partial charge in [-0.25, -0.2) is 4.79 Å². The van der Waals surface area contributed by atoms with Crippen molar-refractivity contribution in [3.05, 3.63) is 0 Å². The second-order valence-corrected chi connectivity index (χ2v) is 9.49. The van der Waals surface area contributed by atoms with Gasteiger partial charge in [-0.1, -0.05) is 27.7 Å². The molecule has 0 heterocycles. The van der Waals surface area contributed by atoms with E-state index in [1.165, 1.54) is 0 Å². The Balaban J connectivity index is 1.90. The van der Waals surface area contributed by atoms with E-state index in [1.54, 1.807) is 0 Å². The molecule has 2 N–H and O–H groups in total. The molecule has 0 aromatic carbocycles. The van der Waals surface area contributed by atoms with Gasteiger partial charge >= 0.3 is 6.09 Å². The molecule has 28 heavy (non-hydrogen) atoms. The van der Waals surface area contributed by atoms with Crippen molar-refractivity contribution in [2.24, 2.45) is 5.92 Å². The highest BCUT2D eigenvalue weighted by atomic mass is 32.2. The van der Waals surface area contributed by atoms with Gasteiger partial charge in [-0.15, -0.1) is 0 Å². The maximum absolute atomic E-state index is 11.8. The lowest BCUT2D eigenvalue weighted by Gasteiger charge is -2.29. The first-order valence-electron chi connectivity index (χ1n) is 10.4. The molecule has 0 radical (unpaired) electrons. The SMILES string of the molecule is CC(C)SC1CCC(NC(=O)OCCOCCOCCNC(=O)C(C)C)CC1. The number of hydrogen-bond donors (Lipinski definition) is 2. The van der Waals surface area contributed by atoms with Gasteiger partial charge in [0.15, 0.2) is 0 Å². The predicted octanol–water partition coefficient (Wildman–Crippen LogP) is 2.97. The molecule has 0 spiro atoms. The molecular formula is C20H38N2O5S. The number of carbonyl (C=O) groups is 2. The molecule has 0 aromatic heterocycles. The Morgan fingerprint density at radius 2 is 1.54 bits per heavy atom. The average Bonchev–Trinajstić information content (AvgIpc) is 2.64.